The molecule has 3 aromatic rings. The summed E-state index contributed by atoms with van der Waals surface area (Å²) in [5.74, 6) is 0.957. The minimum Gasteiger partial charge on any atom is -0.495 e. The van der Waals surface area contributed by atoms with Crippen molar-refractivity contribution in [3.8, 4) is 5.75 Å². The summed E-state index contributed by atoms with van der Waals surface area (Å²) in [6.07, 6.45) is 2.34. The Balaban J connectivity index is 1.80. The number of rotatable bonds is 12. The van der Waals surface area contributed by atoms with Gasteiger partial charge in [-0.25, -0.2) is 0 Å². The number of aryl methyl sites for hydroxylation is 1. The van der Waals surface area contributed by atoms with Crippen molar-refractivity contribution in [2.24, 2.45) is 5.92 Å². The monoisotopic (exact) mass is 575 g/mol. The molecule has 0 fully saturated rings. The van der Waals surface area contributed by atoms with E-state index in [1.54, 1.807) is 25.3 Å². The van der Waals surface area contributed by atoms with Crippen molar-refractivity contribution < 1.29 is 14.3 Å². The van der Waals surface area contributed by atoms with Crippen LogP contribution in [-0.2, 0) is 11.3 Å². The van der Waals surface area contributed by atoms with Gasteiger partial charge in [-0.1, -0.05) is 61.0 Å². The highest BCUT2D eigenvalue weighted by molar-refractivity contribution is 7.99. The molecule has 2 amide bonds. The smallest absolute Gasteiger partial charge is 0.253 e. The van der Waals surface area contributed by atoms with Crippen molar-refractivity contribution in [3.05, 3.63) is 76.0 Å². The van der Waals surface area contributed by atoms with E-state index in [0.29, 0.717) is 46.0 Å². The van der Waals surface area contributed by atoms with Crippen molar-refractivity contribution in [2.75, 3.05) is 18.2 Å². The summed E-state index contributed by atoms with van der Waals surface area (Å²) < 4.78 is 7.20. The SMILES string of the molecule is C=CCn1c(SCC(=O)Nc2cc(C)ccc2OC)nnc1[C@@H](CC(C)C)NC(=O)c1ccc(Cl)cc1Cl. The topological polar surface area (TPSA) is 98.1 Å². The van der Waals surface area contributed by atoms with Gasteiger partial charge in [0.05, 0.1) is 35.2 Å². The Morgan fingerprint density at radius 1 is 1.18 bits per heavy atom. The second kappa shape index (κ2) is 13.7. The molecule has 0 spiro atoms. The van der Waals surface area contributed by atoms with Crippen LogP contribution in [-0.4, -0.2) is 39.4 Å². The Morgan fingerprint density at radius 3 is 2.61 bits per heavy atom. The molecule has 0 saturated carbocycles. The number of anilines is 1. The maximum absolute atomic E-state index is 13.1. The van der Waals surface area contributed by atoms with Crippen LogP contribution in [0.15, 0.2) is 54.2 Å². The fourth-order valence-electron chi connectivity index (χ4n) is 3.81. The lowest BCUT2D eigenvalue weighted by atomic mass is 10.0. The van der Waals surface area contributed by atoms with Gasteiger partial charge < -0.3 is 19.9 Å². The third kappa shape index (κ3) is 7.75. The minimum absolute atomic E-state index is 0.105. The van der Waals surface area contributed by atoms with Crippen molar-refractivity contribution in [2.45, 2.75) is 44.9 Å². The Bertz CT molecular complexity index is 1310. The van der Waals surface area contributed by atoms with Gasteiger partial charge in [0.15, 0.2) is 11.0 Å². The van der Waals surface area contributed by atoms with Crippen LogP contribution >= 0.6 is 35.0 Å². The Morgan fingerprint density at radius 2 is 1.95 bits per heavy atom. The number of aromatic nitrogens is 3. The molecule has 1 atom stereocenters. The highest BCUT2D eigenvalue weighted by atomic mass is 35.5. The van der Waals surface area contributed by atoms with E-state index < -0.39 is 6.04 Å². The Labute approximate surface area is 237 Å². The molecule has 202 valence electrons. The van der Waals surface area contributed by atoms with Crippen LogP contribution in [0.3, 0.4) is 0 Å². The van der Waals surface area contributed by atoms with Crippen molar-refractivity contribution in [1.82, 2.24) is 20.1 Å². The molecule has 0 aliphatic rings. The molecular formula is C27H31Cl2N5O3S. The Kier molecular flexibility index (Phi) is 10.6. The fourth-order valence-corrected chi connectivity index (χ4v) is 5.06. The summed E-state index contributed by atoms with van der Waals surface area (Å²) >= 11 is 13.5. The highest BCUT2D eigenvalue weighted by Crippen LogP contribution is 2.28. The molecule has 0 aliphatic heterocycles. The summed E-state index contributed by atoms with van der Waals surface area (Å²) in [7, 11) is 1.56. The van der Waals surface area contributed by atoms with E-state index in [1.165, 1.54) is 17.8 Å². The number of carbonyl (C=O) groups is 2. The molecule has 38 heavy (non-hydrogen) atoms. The summed E-state index contributed by atoms with van der Waals surface area (Å²) in [6.45, 7) is 10.3. The van der Waals surface area contributed by atoms with Gasteiger partial charge in [-0.15, -0.1) is 16.8 Å². The van der Waals surface area contributed by atoms with E-state index >= 15 is 0 Å². The van der Waals surface area contributed by atoms with Crippen molar-refractivity contribution in [1.29, 1.82) is 0 Å². The lowest BCUT2D eigenvalue weighted by molar-refractivity contribution is -0.113. The third-order valence-corrected chi connectivity index (χ3v) is 7.03. The molecule has 0 saturated heterocycles. The summed E-state index contributed by atoms with van der Waals surface area (Å²) in [5, 5.41) is 15.9. The number of halogens is 2. The second-order valence-electron chi connectivity index (χ2n) is 9.06. The van der Waals surface area contributed by atoms with Gasteiger partial charge in [0.25, 0.3) is 5.91 Å². The first-order valence-corrected chi connectivity index (χ1v) is 13.7. The molecule has 0 unspecified atom stereocenters. The molecule has 1 aromatic heterocycles. The molecule has 2 aromatic carbocycles. The number of carbonyl (C=O) groups excluding carboxylic acids is 2. The van der Waals surface area contributed by atoms with E-state index in [2.05, 4.69) is 41.3 Å². The summed E-state index contributed by atoms with van der Waals surface area (Å²) in [4.78, 5) is 25.8. The number of ether oxygens (including phenoxy) is 1. The van der Waals surface area contributed by atoms with E-state index in [0.717, 1.165) is 5.56 Å². The van der Waals surface area contributed by atoms with E-state index in [-0.39, 0.29) is 28.5 Å². The molecule has 0 aliphatic carbocycles. The number of benzene rings is 2. The van der Waals surface area contributed by atoms with Gasteiger partial charge in [0.2, 0.25) is 5.91 Å². The quantitative estimate of drug-likeness (QED) is 0.193. The van der Waals surface area contributed by atoms with Crippen molar-refractivity contribution >= 4 is 52.5 Å². The lowest BCUT2D eigenvalue weighted by Crippen LogP contribution is -2.32. The Hall–Kier alpha value is -3.01. The van der Waals surface area contributed by atoms with Crippen LogP contribution in [0.1, 0.15) is 48.1 Å². The maximum atomic E-state index is 13.1. The van der Waals surface area contributed by atoms with Crippen LogP contribution in [0.2, 0.25) is 10.0 Å². The molecule has 3 rings (SSSR count). The maximum Gasteiger partial charge on any atom is 0.253 e. The van der Waals surface area contributed by atoms with Gasteiger partial charge in [0, 0.05) is 11.6 Å². The summed E-state index contributed by atoms with van der Waals surface area (Å²) in [5.41, 5.74) is 1.92. The van der Waals surface area contributed by atoms with E-state index in [9.17, 15) is 9.59 Å². The average molecular weight is 577 g/mol. The highest BCUT2D eigenvalue weighted by Gasteiger charge is 2.25. The number of methoxy groups -OCH3 is 1. The molecule has 0 bridgehead atoms. The first-order chi connectivity index (χ1) is 18.1. The number of nitrogens with zero attached hydrogens (tertiary/aromatic N) is 3. The number of nitrogens with one attached hydrogen (secondary N) is 2. The number of allylic oxidation sites excluding steroid dienone is 1. The van der Waals surface area contributed by atoms with E-state index in [4.69, 9.17) is 27.9 Å². The largest absolute Gasteiger partial charge is 0.495 e. The standard InChI is InChI=1S/C27H31Cl2N5O3S/c1-6-11-34-25(22(12-16(2)3)31-26(36)19-9-8-18(28)14-20(19)29)32-33-27(34)38-15-24(35)30-21-13-17(4)7-10-23(21)37-5/h6-10,13-14,16,22H,1,11-12,15H2,2-5H3,(H,30,35)(H,31,36)/t22-/m1/s1. The molecular weight excluding hydrogens is 545 g/mol. The van der Waals surface area contributed by atoms with Gasteiger partial charge in [-0.05, 0) is 55.2 Å². The zero-order chi connectivity index (χ0) is 27.8. The number of thioether (sulfide) groups is 1. The third-order valence-electron chi connectivity index (χ3n) is 5.52. The van der Waals surface area contributed by atoms with Crippen LogP contribution in [0, 0.1) is 12.8 Å². The lowest BCUT2D eigenvalue weighted by Gasteiger charge is -2.21. The molecule has 2 N–H and O–H groups in total. The molecule has 1 heterocycles. The first-order valence-electron chi connectivity index (χ1n) is 12.0. The zero-order valence-corrected chi connectivity index (χ0v) is 24.1. The number of hydrogen-bond donors (Lipinski definition) is 2. The predicted molar refractivity (Wildman–Crippen MR) is 153 cm³/mol. The first kappa shape index (κ1) is 29.5. The summed E-state index contributed by atoms with van der Waals surface area (Å²) in [6, 6.07) is 9.87. The van der Waals surface area contributed by atoms with Gasteiger partial charge in [-0.3, -0.25) is 9.59 Å². The fraction of sp³-hybridized carbons (Fsp3) is 0.333. The zero-order valence-electron chi connectivity index (χ0n) is 21.8. The van der Waals surface area contributed by atoms with Gasteiger partial charge in [-0.2, -0.15) is 0 Å². The van der Waals surface area contributed by atoms with Gasteiger partial charge >= 0.3 is 0 Å². The second-order valence-corrected chi connectivity index (χ2v) is 10.8. The van der Waals surface area contributed by atoms with Gasteiger partial charge in [0.1, 0.15) is 5.75 Å². The van der Waals surface area contributed by atoms with Crippen molar-refractivity contribution in [3.63, 3.8) is 0 Å². The van der Waals surface area contributed by atoms with Crippen LogP contribution in [0.25, 0.3) is 0 Å². The number of amides is 2. The van der Waals surface area contributed by atoms with E-state index in [1.807, 2.05) is 29.7 Å². The molecule has 0 radical (unpaired) electrons. The van der Waals surface area contributed by atoms with Crippen LogP contribution in [0.4, 0.5) is 5.69 Å². The molecule has 11 heteroatoms. The van der Waals surface area contributed by atoms with Crippen LogP contribution < -0.4 is 15.4 Å². The minimum atomic E-state index is -0.443. The number of hydrogen-bond acceptors (Lipinski definition) is 6. The molecule has 8 nitrogen and oxygen atoms in total. The van der Waals surface area contributed by atoms with Crippen LogP contribution in [0.5, 0.6) is 5.75 Å². The predicted octanol–water partition coefficient (Wildman–Crippen LogP) is 6.34. The average Bonchev–Trinajstić information content (AvgIpc) is 3.25. The normalized spacial score (nSPS) is 11.8.